The first-order chi connectivity index (χ1) is 6.33. The molecule has 0 aromatic carbocycles. The molecule has 3 atom stereocenters. The van der Waals surface area contributed by atoms with Gasteiger partial charge in [-0.15, -0.1) is 0 Å². The van der Waals surface area contributed by atoms with Crippen LogP contribution in [0.3, 0.4) is 0 Å². The average Bonchev–Trinajstić information content (AvgIpc) is 2.12. The fraction of sp³-hybridized carbons (Fsp3) is 1.00. The smallest absolute Gasteiger partial charge is 0.00388 e. The van der Waals surface area contributed by atoms with Crippen LogP contribution >= 0.6 is 0 Å². The maximum absolute atomic E-state index is 5.96. The summed E-state index contributed by atoms with van der Waals surface area (Å²) in [5.41, 5.74) is 6.40. The van der Waals surface area contributed by atoms with Crippen molar-refractivity contribution in [2.24, 2.45) is 23.0 Å². The molecule has 0 saturated heterocycles. The first kappa shape index (κ1) is 14.0. The van der Waals surface area contributed by atoms with Crippen molar-refractivity contribution in [3.05, 3.63) is 0 Å². The summed E-state index contributed by atoms with van der Waals surface area (Å²) in [6, 6.07) is 0.311. The van der Waals surface area contributed by atoms with Gasteiger partial charge in [-0.25, -0.2) is 0 Å². The van der Waals surface area contributed by atoms with Crippen LogP contribution in [-0.4, -0.2) is 6.04 Å². The molecule has 0 radical (unpaired) electrons. The van der Waals surface area contributed by atoms with Crippen molar-refractivity contribution in [2.45, 2.75) is 66.8 Å². The van der Waals surface area contributed by atoms with E-state index >= 15 is 0 Å². The lowest BCUT2D eigenvalue weighted by molar-refractivity contribution is 0.136. The van der Waals surface area contributed by atoms with E-state index in [9.17, 15) is 0 Å². The molecule has 0 aliphatic rings. The van der Waals surface area contributed by atoms with Gasteiger partial charge in [0.05, 0.1) is 0 Å². The Kier molecular flexibility index (Phi) is 5.73. The molecule has 0 aromatic heterocycles. The Labute approximate surface area is 90.5 Å². The molecule has 0 saturated carbocycles. The van der Waals surface area contributed by atoms with E-state index in [-0.39, 0.29) is 0 Å². The fourth-order valence-corrected chi connectivity index (χ4v) is 2.03. The van der Waals surface area contributed by atoms with Crippen LogP contribution in [0.5, 0.6) is 0 Å². The molecule has 1 heteroatoms. The molecular weight excluding hydrogens is 170 g/mol. The van der Waals surface area contributed by atoms with Crippen molar-refractivity contribution in [1.82, 2.24) is 0 Å². The maximum Gasteiger partial charge on any atom is 0.00388 e. The second kappa shape index (κ2) is 5.75. The number of hydrogen-bond donors (Lipinski definition) is 1. The fourth-order valence-electron chi connectivity index (χ4n) is 2.03. The van der Waals surface area contributed by atoms with Gasteiger partial charge >= 0.3 is 0 Å². The van der Waals surface area contributed by atoms with Crippen LogP contribution in [0.1, 0.15) is 60.8 Å². The van der Waals surface area contributed by atoms with Crippen molar-refractivity contribution >= 4 is 0 Å². The minimum absolute atomic E-state index is 0.311. The van der Waals surface area contributed by atoms with Crippen LogP contribution in [0.2, 0.25) is 0 Å². The highest BCUT2D eigenvalue weighted by atomic mass is 14.6. The van der Waals surface area contributed by atoms with Gasteiger partial charge in [0.25, 0.3) is 0 Å². The molecule has 0 amide bonds. The Bertz CT molecular complexity index is 149. The zero-order valence-electron chi connectivity index (χ0n) is 10.9. The summed E-state index contributed by atoms with van der Waals surface area (Å²) >= 11 is 0. The summed E-state index contributed by atoms with van der Waals surface area (Å²) in [5.74, 6) is 1.32. The van der Waals surface area contributed by atoms with E-state index in [0.717, 1.165) is 0 Å². The molecule has 0 heterocycles. The molecule has 86 valence electrons. The van der Waals surface area contributed by atoms with E-state index in [1.807, 2.05) is 0 Å². The minimum Gasteiger partial charge on any atom is -0.328 e. The molecule has 0 aromatic rings. The van der Waals surface area contributed by atoms with Crippen LogP contribution in [0.25, 0.3) is 0 Å². The Morgan fingerprint density at radius 3 is 2.00 bits per heavy atom. The monoisotopic (exact) mass is 199 g/mol. The van der Waals surface area contributed by atoms with E-state index in [4.69, 9.17) is 5.73 Å². The van der Waals surface area contributed by atoms with Gasteiger partial charge in [-0.2, -0.15) is 0 Å². The maximum atomic E-state index is 5.96. The summed E-state index contributed by atoms with van der Waals surface area (Å²) in [5, 5.41) is 0. The third-order valence-electron chi connectivity index (χ3n) is 4.03. The molecule has 0 spiro atoms. The van der Waals surface area contributed by atoms with Gasteiger partial charge < -0.3 is 5.73 Å². The van der Waals surface area contributed by atoms with Crippen molar-refractivity contribution in [3.8, 4) is 0 Å². The Morgan fingerprint density at radius 2 is 1.64 bits per heavy atom. The quantitative estimate of drug-likeness (QED) is 0.691. The summed E-state index contributed by atoms with van der Waals surface area (Å²) < 4.78 is 0. The zero-order chi connectivity index (χ0) is 11.4. The molecule has 0 rings (SSSR count). The molecule has 14 heavy (non-hydrogen) atoms. The first-order valence-corrected chi connectivity index (χ1v) is 6.08. The molecule has 0 fully saturated rings. The van der Waals surface area contributed by atoms with Gasteiger partial charge in [0.15, 0.2) is 0 Å². The van der Waals surface area contributed by atoms with Gasteiger partial charge in [-0.05, 0) is 30.6 Å². The lowest BCUT2D eigenvalue weighted by atomic mass is 9.69. The SMILES string of the molecule is CCCCC(C)(C)[C@H](C)[C@@H](C)C(C)N. The molecule has 0 bridgehead atoms. The summed E-state index contributed by atoms with van der Waals surface area (Å²) in [6.07, 6.45) is 3.95. The Hall–Kier alpha value is -0.0400. The van der Waals surface area contributed by atoms with Crippen LogP contribution < -0.4 is 5.73 Å². The minimum atomic E-state index is 0.311. The van der Waals surface area contributed by atoms with E-state index in [1.165, 1.54) is 19.3 Å². The van der Waals surface area contributed by atoms with Crippen LogP contribution in [0.15, 0.2) is 0 Å². The number of rotatable bonds is 6. The normalized spacial score (nSPS) is 19.1. The van der Waals surface area contributed by atoms with Crippen LogP contribution in [0, 0.1) is 17.3 Å². The highest BCUT2D eigenvalue weighted by molar-refractivity contribution is 4.82. The zero-order valence-corrected chi connectivity index (χ0v) is 10.9. The van der Waals surface area contributed by atoms with Crippen LogP contribution in [-0.2, 0) is 0 Å². The summed E-state index contributed by atoms with van der Waals surface area (Å²) in [6.45, 7) is 13.8. The predicted octanol–water partition coefficient (Wildman–Crippen LogP) is 3.82. The number of hydrogen-bond acceptors (Lipinski definition) is 1. The third-order valence-corrected chi connectivity index (χ3v) is 4.03. The number of unbranched alkanes of at least 4 members (excludes halogenated alkanes) is 1. The van der Waals surface area contributed by atoms with Gasteiger partial charge in [0.1, 0.15) is 0 Å². The van der Waals surface area contributed by atoms with E-state index in [1.54, 1.807) is 0 Å². The molecule has 2 N–H and O–H groups in total. The first-order valence-electron chi connectivity index (χ1n) is 6.08. The number of nitrogens with two attached hydrogens (primary N) is 1. The van der Waals surface area contributed by atoms with Crippen molar-refractivity contribution < 1.29 is 0 Å². The van der Waals surface area contributed by atoms with E-state index in [2.05, 4.69) is 41.5 Å². The molecule has 0 aliphatic heterocycles. The summed E-state index contributed by atoms with van der Waals surface area (Å²) in [4.78, 5) is 0. The molecule has 1 nitrogen and oxygen atoms in total. The van der Waals surface area contributed by atoms with Crippen molar-refractivity contribution in [3.63, 3.8) is 0 Å². The Balaban J connectivity index is 4.25. The molecule has 1 unspecified atom stereocenters. The second-order valence-electron chi connectivity index (χ2n) is 5.60. The van der Waals surface area contributed by atoms with Gasteiger partial charge in [-0.1, -0.05) is 47.5 Å². The average molecular weight is 199 g/mol. The second-order valence-corrected chi connectivity index (χ2v) is 5.60. The highest BCUT2D eigenvalue weighted by Crippen LogP contribution is 2.37. The molecular formula is C13H29N. The van der Waals surface area contributed by atoms with Gasteiger partial charge in [0, 0.05) is 6.04 Å². The summed E-state index contributed by atoms with van der Waals surface area (Å²) in [7, 11) is 0. The lowest BCUT2D eigenvalue weighted by Crippen LogP contribution is -2.36. The standard InChI is InChI=1S/C13H29N/c1-7-8-9-13(5,6)11(3)10(2)12(4)14/h10-12H,7-9,14H2,1-6H3/t10-,11-,12?/m1/s1. The topological polar surface area (TPSA) is 26.0 Å². The van der Waals surface area contributed by atoms with Crippen LogP contribution in [0.4, 0.5) is 0 Å². The van der Waals surface area contributed by atoms with Gasteiger partial charge in [0.2, 0.25) is 0 Å². The third kappa shape index (κ3) is 4.00. The highest BCUT2D eigenvalue weighted by Gasteiger charge is 2.30. The van der Waals surface area contributed by atoms with Crippen molar-refractivity contribution in [1.29, 1.82) is 0 Å². The molecule has 0 aliphatic carbocycles. The van der Waals surface area contributed by atoms with Gasteiger partial charge in [-0.3, -0.25) is 0 Å². The Morgan fingerprint density at radius 1 is 1.14 bits per heavy atom. The predicted molar refractivity (Wildman–Crippen MR) is 65.3 cm³/mol. The van der Waals surface area contributed by atoms with Crippen molar-refractivity contribution in [2.75, 3.05) is 0 Å². The lowest BCUT2D eigenvalue weighted by Gasteiger charge is -2.37. The van der Waals surface area contributed by atoms with E-state index < -0.39 is 0 Å². The van der Waals surface area contributed by atoms with E-state index in [0.29, 0.717) is 23.3 Å². The largest absolute Gasteiger partial charge is 0.328 e.